The summed E-state index contributed by atoms with van der Waals surface area (Å²) in [5.74, 6) is 1.11. The molecule has 0 fully saturated rings. The molecule has 2 N–H and O–H groups in total. The maximum absolute atomic E-state index is 12.6. The second-order valence-corrected chi connectivity index (χ2v) is 6.68. The van der Waals surface area contributed by atoms with Gasteiger partial charge in [0.15, 0.2) is 0 Å². The van der Waals surface area contributed by atoms with Crippen LogP contribution in [0.25, 0.3) is 0 Å². The van der Waals surface area contributed by atoms with Crippen LogP contribution in [0.1, 0.15) is 49.1 Å². The molecule has 1 aromatic heterocycles. The molecule has 0 aliphatic rings. The third-order valence-electron chi connectivity index (χ3n) is 4.81. The summed E-state index contributed by atoms with van der Waals surface area (Å²) in [7, 11) is 0. The largest absolute Gasteiger partial charge is 0.467 e. The first-order valence-electron chi connectivity index (χ1n) is 9.39. The number of anilines is 1. The van der Waals surface area contributed by atoms with Gasteiger partial charge in [0, 0.05) is 5.69 Å². The lowest BCUT2D eigenvalue weighted by Crippen LogP contribution is -2.32. The van der Waals surface area contributed by atoms with Gasteiger partial charge in [0.1, 0.15) is 5.76 Å². The van der Waals surface area contributed by atoms with Crippen LogP contribution in [0, 0.1) is 0 Å². The summed E-state index contributed by atoms with van der Waals surface area (Å²) in [6.07, 6.45) is 2.68. The van der Waals surface area contributed by atoms with Crippen LogP contribution in [0.4, 0.5) is 5.69 Å². The van der Waals surface area contributed by atoms with Crippen LogP contribution in [0.3, 0.4) is 0 Å². The second kappa shape index (κ2) is 9.19. The molecule has 3 rings (SSSR count). The van der Waals surface area contributed by atoms with Crippen molar-refractivity contribution in [2.75, 3.05) is 11.9 Å². The first-order valence-corrected chi connectivity index (χ1v) is 9.39. The predicted octanol–water partition coefficient (Wildman–Crippen LogP) is 5.11. The van der Waals surface area contributed by atoms with Gasteiger partial charge in [-0.1, -0.05) is 62.4 Å². The number of carbonyl (C=O) groups excluding carboxylic acids is 1. The molecule has 0 unspecified atom stereocenters. The van der Waals surface area contributed by atoms with E-state index in [0.29, 0.717) is 5.92 Å². The predicted molar refractivity (Wildman–Crippen MR) is 109 cm³/mol. The highest BCUT2D eigenvalue weighted by atomic mass is 16.3. The third-order valence-corrected chi connectivity index (χ3v) is 4.81. The fourth-order valence-electron chi connectivity index (χ4n) is 3.13. The summed E-state index contributed by atoms with van der Waals surface area (Å²) in [6, 6.07) is 21.6. The van der Waals surface area contributed by atoms with E-state index >= 15 is 0 Å². The topological polar surface area (TPSA) is 54.3 Å². The maximum Gasteiger partial charge on any atom is 0.238 e. The second-order valence-electron chi connectivity index (χ2n) is 6.68. The van der Waals surface area contributed by atoms with Crippen molar-refractivity contribution in [3.8, 4) is 0 Å². The molecule has 0 saturated heterocycles. The van der Waals surface area contributed by atoms with Gasteiger partial charge in [0.2, 0.25) is 5.91 Å². The van der Waals surface area contributed by atoms with Crippen LogP contribution in [0.2, 0.25) is 0 Å². The van der Waals surface area contributed by atoms with E-state index in [-0.39, 0.29) is 18.5 Å². The van der Waals surface area contributed by atoms with Crippen LogP contribution in [0.5, 0.6) is 0 Å². The Morgan fingerprint density at radius 1 is 1.00 bits per heavy atom. The van der Waals surface area contributed by atoms with Gasteiger partial charge in [-0.05, 0) is 41.7 Å². The zero-order chi connectivity index (χ0) is 19.1. The number of rotatable bonds is 8. The van der Waals surface area contributed by atoms with E-state index in [9.17, 15) is 4.79 Å². The van der Waals surface area contributed by atoms with E-state index in [1.54, 1.807) is 6.26 Å². The Kier molecular flexibility index (Phi) is 6.44. The molecule has 0 bridgehead atoms. The van der Waals surface area contributed by atoms with Crippen molar-refractivity contribution < 1.29 is 9.21 Å². The van der Waals surface area contributed by atoms with Crippen LogP contribution in [-0.2, 0) is 4.79 Å². The Hall–Kier alpha value is -2.85. The molecule has 4 heteroatoms. The maximum atomic E-state index is 12.6. The molecule has 1 amide bonds. The molecule has 2 atom stereocenters. The van der Waals surface area contributed by atoms with Crippen molar-refractivity contribution in [3.05, 3.63) is 89.9 Å². The average molecular weight is 362 g/mol. The summed E-state index contributed by atoms with van der Waals surface area (Å²) >= 11 is 0. The Morgan fingerprint density at radius 2 is 1.74 bits per heavy atom. The minimum absolute atomic E-state index is 0.0711. The third kappa shape index (κ3) is 4.86. The van der Waals surface area contributed by atoms with E-state index in [2.05, 4.69) is 30.5 Å². The molecule has 1 heterocycles. The lowest BCUT2D eigenvalue weighted by atomic mass is 9.97. The molecular weight excluding hydrogens is 336 g/mol. The smallest absolute Gasteiger partial charge is 0.238 e. The van der Waals surface area contributed by atoms with Crippen LogP contribution in [-0.4, -0.2) is 12.5 Å². The highest BCUT2D eigenvalue weighted by molar-refractivity contribution is 5.93. The van der Waals surface area contributed by atoms with Crippen molar-refractivity contribution in [1.29, 1.82) is 0 Å². The van der Waals surface area contributed by atoms with E-state index in [1.165, 1.54) is 5.56 Å². The van der Waals surface area contributed by atoms with Gasteiger partial charge in [-0.3, -0.25) is 10.1 Å². The zero-order valence-electron chi connectivity index (χ0n) is 15.8. The molecule has 3 aromatic rings. The monoisotopic (exact) mass is 362 g/mol. The minimum atomic E-state index is -0.170. The average Bonchev–Trinajstić information content (AvgIpc) is 3.23. The fraction of sp³-hybridized carbons (Fsp3) is 0.261. The number of furan rings is 1. The summed E-state index contributed by atoms with van der Waals surface area (Å²) in [5.41, 5.74) is 3.10. The molecule has 0 spiro atoms. The van der Waals surface area contributed by atoms with E-state index in [1.807, 2.05) is 60.7 Å². The molecule has 0 aliphatic heterocycles. The van der Waals surface area contributed by atoms with Gasteiger partial charge in [-0.25, -0.2) is 0 Å². The number of benzene rings is 2. The van der Waals surface area contributed by atoms with Gasteiger partial charge in [-0.15, -0.1) is 0 Å². The van der Waals surface area contributed by atoms with Gasteiger partial charge in [0.05, 0.1) is 18.8 Å². The van der Waals surface area contributed by atoms with Gasteiger partial charge < -0.3 is 9.73 Å². The first-order chi connectivity index (χ1) is 13.2. The quantitative estimate of drug-likeness (QED) is 0.585. The zero-order valence-corrected chi connectivity index (χ0v) is 15.8. The number of hydrogen-bond donors (Lipinski definition) is 2. The molecule has 0 saturated carbocycles. The van der Waals surface area contributed by atoms with Crippen LogP contribution >= 0.6 is 0 Å². The normalized spacial score (nSPS) is 13.1. The van der Waals surface area contributed by atoms with E-state index in [0.717, 1.165) is 23.4 Å². The minimum Gasteiger partial charge on any atom is -0.467 e. The molecular formula is C23H26N2O2. The number of nitrogens with one attached hydrogen (secondary N) is 2. The van der Waals surface area contributed by atoms with Crippen LogP contribution < -0.4 is 10.6 Å². The van der Waals surface area contributed by atoms with Crippen LogP contribution in [0.15, 0.2) is 77.4 Å². The van der Waals surface area contributed by atoms with Crippen molar-refractivity contribution in [1.82, 2.24) is 5.32 Å². The summed E-state index contributed by atoms with van der Waals surface area (Å²) < 4.78 is 5.57. The van der Waals surface area contributed by atoms with E-state index in [4.69, 9.17) is 4.42 Å². The van der Waals surface area contributed by atoms with Gasteiger partial charge in [-0.2, -0.15) is 0 Å². The van der Waals surface area contributed by atoms with Crippen molar-refractivity contribution in [3.63, 3.8) is 0 Å². The Balaban J connectivity index is 1.69. The van der Waals surface area contributed by atoms with Crippen molar-refractivity contribution in [2.45, 2.75) is 32.2 Å². The standard InChI is InChI=1S/C23H26N2O2/c1-3-17(2)19-12-7-8-13-20(19)25-22(26)16-24-23(21-14-9-15-27-21)18-10-5-4-6-11-18/h4-15,17,23-24H,3,16H2,1-2H3,(H,25,26)/t17-,23+/m1/s1. The van der Waals surface area contributed by atoms with Gasteiger partial charge >= 0.3 is 0 Å². The first kappa shape index (κ1) is 18.9. The highest BCUT2D eigenvalue weighted by Crippen LogP contribution is 2.26. The van der Waals surface area contributed by atoms with Gasteiger partial charge in [0.25, 0.3) is 0 Å². The molecule has 2 aromatic carbocycles. The Bertz CT molecular complexity index is 844. The summed E-state index contributed by atoms with van der Waals surface area (Å²) in [5, 5.41) is 6.36. The summed E-state index contributed by atoms with van der Waals surface area (Å²) in [6.45, 7) is 4.51. The number of carbonyl (C=O) groups is 1. The Morgan fingerprint density at radius 3 is 2.44 bits per heavy atom. The Labute approximate surface area is 160 Å². The fourth-order valence-corrected chi connectivity index (χ4v) is 3.13. The molecule has 27 heavy (non-hydrogen) atoms. The van der Waals surface area contributed by atoms with E-state index < -0.39 is 0 Å². The summed E-state index contributed by atoms with van der Waals surface area (Å²) in [4.78, 5) is 12.6. The number of para-hydroxylation sites is 1. The number of amides is 1. The SMILES string of the molecule is CC[C@@H](C)c1ccccc1NC(=O)CN[C@@H](c1ccccc1)c1ccco1. The molecule has 140 valence electrons. The number of hydrogen-bond acceptors (Lipinski definition) is 3. The lowest BCUT2D eigenvalue weighted by Gasteiger charge is -2.18. The van der Waals surface area contributed by atoms with Crippen molar-refractivity contribution >= 4 is 11.6 Å². The molecule has 4 nitrogen and oxygen atoms in total. The molecule has 0 aliphatic carbocycles. The van der Waals surface area contributed by atoms with Crippen molar-refractivity contribution in [2.24, 2.45) is 0 Å². The highest BCUT2D eigenvalue weighted by Gasteiger charge is 2.18. The molecule has 0 radical (unpaired) electrons. The lowest BCUT2D eigenvalue weighted by molar-refractivity contribution is -0.115.